The lowest BCUT2D eigenvalue weighted by Gasteiger charge is -2.42. The predicted molar refractivity (Wildman–Crippen MR) is 306 cm³/mol. The zero-order valence-electron chi connectivity index (χ0n) is 45.7. The van der Waals surface area contributed by atoms with E-state index in [9.17, 15) is 14.7 Å². The Kier molecular flexibility index (Phi) is 15.7. The number of aryl methyl sites for hydroxylation is 1. The molecule has 78 heavy (non-hydrogen) atoms. The number of hydrogen-bond acceptors (Lipinski definition) is 15. The first kappa shape index (κ1) is 52.6. The van der Waals surface area contributed by atoms with Gasteiger partial charge in [-0.3, -0.25) is 14.7 Å². The van der Waals surface area contributed by atoms with Gasteiger partial charge >= 0.3 is 12.0 Å². The van der Waals surface area contributed by atoms with Crippen molar-refractivity contribution in [3.05, 3.63) is 108 Å². The second-order valence-corrected chi connectivity index (χ2v) is 21.8. The average Bonchev–Trinajstić information content (AvgIpc) is 4.18. The van der Waals surface area contributed by atoms with E-state index in [4.69, 9.17) is 29.4 Å². The lowest BCUT2D eigenvalue weighted by molar-refractivity contribution is -0.129. The second kappa shape index (κ2) is 23.2. The highest BCUT2D eigenvalue weighted by molar-refractivity contribution is 5.96. The summed E-state index contributed by atoms with van der Waals surface area (Å²) < 4.78 is 12.4. The number of piperazine rings is 2. The fourth-order valence-electron chi connectivity index (χ4n) is 12.6. The van der Waals surface area contributed by atoms with Crippen LogP contribution in [0.5, 0.6) is 17.8 Å². The maximum atomic E-state index is 12.5. The molecule has 6 aliphatic heterocycles. The number of aromatic amines is 1. The van der Waals surface area contributed by atoms with E-state index < -0.39 is 0 Å². The number of rotatable bonds is 14. The van der Waals surface area contributed by atoms with Gasteiger partial charge < -0.3 is 48.9 Å². The third-order valence-corrected chi connectivity index (χ3v) is 16.8. The molecular weight excluding hydrogens is 983 g/mol. The molecule has 18 nitrogen and oxygen atoms in total. The van der Waals surface area contributed by atoms with Crippen molar-refractivity contribution in [2.24, 2.45) is 0 Å². The Morgan fingerprint density at radius 2 is 1.45 bits per heavy atom. The maximum Gasteiger partial charge on any atom is 0.318 e. The van der Waals surface area contributed by atoms with E-state index in [-0.39, 0.29) is 35.8 Å². The molecule has 410 valence electrons. The van der Waals surface area contributed by atoms with Gasteiger partial charge in [0.25, 0.3) is 0 Å². The standard InChI is InChI=1S/C30H40N8O2.C30H35N5O3/c1-3-27(39)36-15-17-37(18-16-36)29-23-10-14-38(28-22(2)8-9-25-24(28)20-31-34-25)21-26(23)32-30(33-29)40-19-7-13-35-11-5-4-6-12-35;1-4-19(3)38-30-31-26-18-33(27-15-23(36)14-20-8-6-7-9-24(20)27)13-12-25(26)29(32-30)34-16-21-10-11-22(17-34)35(21)28(37)5-2/h3,8-9,20H,1,4-7,10-19,21H2,2H3,(H,31,34);5-9,14-15,19,21-22,36H,2,4,10-13,16-18H2,1,3H3. The Morgan fingerprint density at radius 1 is 0.769 bits per heavy atom. The monoisotopic (exact) mass is 1060 g/mol. The number of likely N-dealkylation sites (tertiary alicyclic amines) is 1. The molecule has 2 N–H and O–H groups in total. The molecule has 6 aromatic rings. The van der Waals surface area contributed by atoms with Crippen LogP contribution in [-0.4, -0.2) is 159 Å². The lowest BCUT2D eigenvalue weighted by Crippen LogP contribution is -2.56. The van der Waals surface area contributed by atoms with Gasteiger partial charge in [-0.05, 0) is 114 Å². The van der Waals surface area contributed by atoms with E-state index in [0.717, 1.165) is 140 Å². The Bertz CT molecular complexity index is 3150. The molecule has 0 aliphatic carbocycles. The number of nitrogens with zero attached hydrogens (tertiary/aromatic N) is 12. The SMILES string of the molecule is C=CC(=O)N1C2CCC1CN(c1nc(OC(C)CC)nc3c1CCN(c1cc(O)cc4ccccc14)C3)C2.C=CC(=O)N1CCN(c2nc(OCCCN3CCCCC3)nc3c2CCN(c2c(C)ccc4[nH]ncc24)C3)CC1. The zero-order chi connectivity index (χ0) is 53.9. The summed E-state index contributed by atoms with van der Waals surface area (Å²) in [6, 6.07) is 17.2. The molecule has 3 atom stereocenters. The van der Waals surface area contributed by atoms with Crippen molar-refractivity contribution in [1.29, 1.82) is 0 Å². The van der Waals surface area contributed by atoms with Crippen molar-refractivity contribution < 1.29 is 24.2 Å². The summed E-state index contributed by atoms with van der Waals surface area (Å²) in [5.74, 6) is 2.17. The molecule has 18 heteroatoms. The largest absolute Gasteiger partial charge is 0.508 e. The van der Waals surface area contributed by atoms with Crippen molar-refractivity contribution in [3.63, 3.8) is 0 Å². The van der Waals surface area contributed by atoms with Crippen LogP contribution >= 0.6 is 0 Å². The Hall–Kier alpha value is -7.47. The first-order valence-corrected chi connectivity index (χ1v) is 28.4. The highest BCUT2D eigenvalue weighted by Crippen LogP contribution is 2.40. The molecule has 3 aromatic heterocycles. The molecule has 4 saturated heterocycles. The number of hydrogen-bond donors (Lipinski definition) is 2. The van der Waals surface area contributed by atoms with Crippen LogP contribution in [0.1, 0.15) is 86.9 Å². The number of nitrogens with one attached hydrogen (secondary N) is 1. The highest BCUT2D eigenvalue weighted by Gasteiger charge is 2.43. The number of carbonyl (C=O) groups excluding carboxylic acids is 2. The molecule has 3 aromatic carbocycles. The van der Waals surface area contributed by atoms with E-state index in [1.54, 1.807) is 6.07 Å². The number of H-pyrrole nitrogens is 1. The number of benzene rings is 3. The number of fused-ring (bicyclic) bond motifs is 6. The Balaban J connectivity index is 0.000000166. The van der Waals surface area contributed by atoms with Gasteiger partial charge in [-0.25, -0.2) is 0 Å². The van der Waals surface area contributed by atoms with E-state index in [1.807, 2.05) is 47.2 Å². The van der Waals surface area contributed by atoms with Crippen molar-refractivity contribution in [1.82, 2.24) is 44.8 Å². The van der Waals surface area contributed by atoms with Gasteiger partial charge in [0.1, 0.15) is 17.4 Å². The number of piperidine rings is 1. The van der Waals surface area contributed by atoms with Crippen LogP contribution in [0.4, 0.5) is 23.0 Å². The topological polar surface area (TPSA) is 176 Å². The third kappa shape index (κ3) is 11.0. The van der Waals surface area contributed by atoms with Crippen molar-refractivity contribution in [2.45, 2.75) is 110 Å². The van der Waals surface area contributed by atoms with Crippen LogP contribution in [0, 0.1) is 6.92 Å². The molecule has 12 rings (SSSR count). The van der Waals surface area contributed by atoms with E-state index in [2.05, 4.69) is 79.9 Å². The Morgan fingerprint density at radius 3 is 2.18 bits per heavy atom. The number of anilines is 4. The number of aromatic nitrogens is 6. The normalized spacial score (nSPS) is 19.7. The summed E-state index contributed by atoms with van der Waals surface area (Å²) in [4.78, 5) is 60.2. The molecular formula is C60H75N13O5. The minimum absolute atomic E-state index is 0.00819. The predicted octanol–water partition coefficient (Wildman–Crippen LogP) is 7.75. The van der Waals surface area contributed by atoms with Crippen LogP contribution in [0.2, 0.25) is 0 Å². The number of amides is 2. The molecule has 0 saturated carbocycles. The highest BCUT2D eigenvalue weighted by atomic mass is 16.5. The smallest absolute Gasteiger partial charge is 0.318 e. The second-order valence-electron chi connectivity index (χ2n) is 21.8. The van der Waals surface area contributed by atoms with E-state index in [0.29, 0.717) is 44.8 Å². The molecule has 0 spiro atoms. The summed E-state index contributed by atoms with van der Waals surface area (Å²) in [7, 11) is 0. The van der Waals surface area contributed by atoms with Crippen molar-refractivity contribution in [2.75, 3.05) is 98.2 Å². The van der Waals surface area contributed by atoms with Crippen molar-refractivity contribution >= 4 is 56.5 Å². The molecule has 2 bridgehead atoms. The summed E-state index contributed by atoms with van der Waals surface area (Å²) in [5, 5.41) is 21.1. The minimum atomic E-state index is -0.0125. The number of phenolic OH excluding ortho intramolecular Hbond substituents is 1. The third-order valence-electron chi connectivity index (χ3n) is 16.8. The fraction of sp³-hybridized carbons (Fsp3) is 0.483. The molecule has 9 heterocycles. The fourth-order valence-corrected chi connectivity index (χ4v) is 12.6. The van der Waals surface area contributed by atoms with Gasteiger partial charge in [0.05, 0.1) is 54.6 Å². The van der Waals surface area contributed by atoms with E-state index in [1.165, 1.54) is 61.3 Å². The van der Waals surface area contributed by atoms with Crippen LogP contribution in [0.25, 0.3) is 21.7 Å². The molecule has 3 unspecified atom stereocenters. The summed E-state index contributed by atoms with van der Waals surface area (Å²) in [6.07, 6.45) is 14.2. The summed E-state index contributed by atoms with van der Waals surface area (Å²) in [6.45, 7) is 24.9. The van der Waals surface area contributed by atoms with Gasteiger partial charge in [-0.2, -0.15) is 25.0 Å². The van der Waals surface area contributed by atoms with Gasteiger partial charge in [0, 0.05) is 105 Å². The van der Waals surface area contributed by atoms with E-state index >= 15 is 0 Å². The number of ether oxygens (including phenoxy) is 2. The van der Waals surface area contributed by atoms with Crippen LogP contribution in [0.3, 0.4) is 0 Å². The van der Waals surface area contributed by atoms with Crippen LogP contribution < -0.4 is 29.1 Å². The molecule has 0 radical (unpaired) electrons. The molecule has 4 fully saturated rings. The Labute approximate surface area is 457 Å². The van der Waals surface area contributed by atoms with Gasteiger partial charge in [0.2, 0.25) is 11.8 Å². The summed E-state index contributed by atoms with van der Waals surface area (Å²) >= 11 is 0. The maximum absolute atomic E-state index is 12.5. The average molecular weight is 1060 g/mol. The van der Waals surface area contributed by atoms with Gasteiger partial charge in [-0.15, -0.1) is 0 Å². The van der Waals surface area contributed by atoms with Gasteiger partial charge in [-0.1, -0.05) is 56.8 Å². The number of aromatic hydroxyl groups is 1. The first-order chi connectivity index (χ1) is 38.0. The quantitative estimate of drug-likeness (QED) is 0.0800. The van der Waals surface area contributed by atoms with Gasteiger partial charge in [0.15, 0.2) is 0 Å². The zero-order valence-corrected chi connectivity index (χ0v) is 45.7. The number of carbonyl (C=O) groups is 2. The first-order valence-electron chi connectivity index (χ1n) is 28.4. The molecule has 6 aliphatic rings. The van der Waals surface area contributed by atoms with Crippen molar-refractivity contribution in [3.8, 4) is 17.8 Å². The minimum Gasteiger partial charge on any atom is -0.508 e. The van der Waals surface area contributed by atoms with Crippen LogP contribution in [-0.2, 0) is 35.5 Å². The van der Waals surface area contributed by atoms with Crippen LogP contribution in [0.15, 0.2) is 80.0 Å². The summed E-state index contributed by atoms with van der Waals surface area (Å²) in [5.41, 5.74) is 8.81. The molecule has 2 amide bonds. The lowest BCUT2D eigenvalue weighted by atomic mass is 10.0. The number of phenols is 1.